The number of benzene rings is 2. The van der Waals surface area contributed by atoms with Gasteiger partial charge in [0.25, 0.3) is 5.91 Å². The first-order chi connectivity index (χ1) is 18.7. The molecular weight excluding hydrogens is 508 g/mol. The van der Waals surface area contributed by atoms with E-state index in [-0.39, 0.29) is 37.2 Å². The first-order valence-corrected chi connectivity index (χ1v) is 12.7. The number of furan rings is 1. The lowest BCUT2D eigenvalue weighted by Crippen LogP contribution is -2.57. The number of para-hydroxylation sites is 1. The van der Waals surface area contributed by atoms with Crippen LogP contribution in [0.15, 0.2) is 52.9 Å². The largest absolute Gasteiger partial charge is 0.492 e. The number of amides is 1. The molecule has 1 aliphatic heterocycles. The van der Waals surface area contributed by atoms with Crippen molar-refractivity contribution < 1.29 is 43.5 Å². The summed E-state index contributed by atoms with van der Waals surface area (Å²) in [5.74, 6) is 0.102. The number of aliphatic hydroxyl groups excluding tert-OH is 3. The monoisotopic (exact) mass is 542 g/mol. The Morgan fingerprint density at radius 2 is 1.72 bits per heavy atom. The standard InChI is InChI=1S/C28H34N2O9/c1-16-23(32)24(33)25(34)28(38-16)37-15-21(31)17-8-10-18(11-9-17)36-13-12-29-27(35)26-20(14-30(2)3)19-6-4-5-7-22(19)39-26/h4-11,16,23-25,28,32-34H,12-15H2,1-3H3,(H,29,35)/t16-,23+,24+,25-,28+/m0/s1. The Hall–Kier alpha value is -3.32. The van der Waals surface area contributed by atoms with Gasteiger partial charge in [-0.3, -0.25) is 9.59 Å². The van der Waals surface area contributed by atoms with Gasteiger partial charge < -0.3 is 44.2 Å². The van der Waals surface area contributed by atoms with Crippen molar-refractivity contribution in [3.8, 4) is 5.75 Å². The third-order valence-electron chi connectivity index (χ3n) is 6.40. The lowest BCUT2D eigenvalue weighted by molar-refractivity contribution is -0.289. The van der Waals surface area contributed by atoms with Crippen molar-refractivity contribution in [2.75, 3.05) is 33.9 Å². The highest BCUT2D eigenvalue weighted by atomic mass is 16.7. The Balaban J connectivity index is 1.24. The highest BCUT2D eigenvalue weighted by molar-refractivity contribution is 5.99. The van der Waals surface area contributed by atoms with Gasteiger partial charge in [0, 0.05) is 23.1 Å². The van der Waals surface area contributed by atoms with E-state index in [1.165, 1.54) is 6.92 Å². The summed E-state index contributed by atoms with van der Waals surface area (Å²) < 4.78 is 22.2. The van der Waals surface area contributed by atoms with Gasteiger partial charge in [-0.25, -0.2) is 0 Å². The van der Waals surface area contributed by atoms with Crippen LogP contribution in [0.25, 0.3) is 11.0 Å². The maximum Gasteiger partial charge on any atom is 0.287 e. The number of nitrogens with one attached hydrogen (secondary N) is 1. The molecule has 1 aliphatic rings. The van der Waals surface area contributed by atoms with Gasteiger partial charge in [0.15, 0.2) is 17.8 Å². The van der Waals surface area contributed by atoms with E-state index in [4.69, 9.17) is 18.6 Å². The molecule has 3 aromatic rings. The Morgan fingerprint density at radius 1 is 1.00 bits per heavy atom. The Bertz CT molecular complexity index is 1270. The Morgan fingerprint density at radius 3 is 2.44 bits per heavy atom. The molecule has 210 valence electrons. The van der Waals surface area contributed by atoms with E-state index in [2.05, 4.69) is 5.32 Å². The van der Waals surface area contributed by atoms with E-state index in [0.29, 0.717) is 23.4 Å². The fourth-order valence-electron chi connectivity index (χ4n) is 4.30. The van der Waals surface area contributed by atoms with Crippen LogP contribution in [-0.4, -0.2) is 96.5 Å². The van der Waals surface area contributed by atoms with Gasteiger partial charge in [0.1, 0.15) is 42.9 Å². The molecule has 1 saturated heterocycles. The lowest BCUT2D eigenvalue weighted by atomic mass is 10.00. The number of hydrogen-bond acceptors (Lipinski definition) is 10. The zero-order valence-electron chi connectivity index (χ0n) is 22.1. The van der Waals surface area contributed by atoms with Crippen LogP contribution in [0.4, 0.5) is 0 Å². The van der Waals surface area contributed by atoms with E-state index in [9.17, 15) is 24.9 Å². The number of ether oxygens (including phenoxy) is 3. The molecule has 4 rings (SSSR count). The highest BCUT2D eigenvalue weighted by Gasteiger charge is 2.42. The third kappa shape index (κ3) is 6.82. The van der Waals surface area contributed by atoms with Crippen molar-refractivity contribution in [1.82, 2.24) is 10.2 Å². The first-order valence-electron chi connectivity index (χ1n) is 12.7. The second-order valence-electron chi connectivity index (χ2n) is 9.69. The topological polar surface area (TPSA) is 151 Å². The van der Waals surface area contributed by atoms with E-state index >= 15 is 0 Å². The second kappa shape index (κ2) is 12.7. The summed E-state index contributed by atoms with van der Waals surface area (Å²) in [6.45, 7) is 2.15. The highest BCUT2D eigenvalue weighted by Crippen LogP contribution is 2.27. The number of Topliss-reactive ketones (excluding diaryl/α,β-unsaturated/α-hetero) is 1. The van der Waals surface area contributed by atoms with Crippen LogP contribution in [-0.2, 0) is 16.0 Å². The van der Waals surface area contributed by atoms with Crippen molar-refractivity contribution in [2.24, 2.45) is 0 Å². The molecule has 11 heteroatoms. The molecule has 39 heavy (non-hydrogen) atoms. The van der Waals surface area contributed by atoms with Crippen LogP contribution in [0.2, 0.25) is 0 Å². The third-order valence-corrected chi connectivity index (χ3v) is 6.40. The fraction of sp³-hybridized carbons (Fsp3) is 0.429. The summed E-state index contributed by atoms with van der Waals surface area (Å²) in [4.78, 5) is 27.3. The molecule has 0 saturated carbocycles. The normalized spacial score (nSPS) is 23.2. The maximum atomic E-state index is 12.8. The van der Waals surface area contributed by atoms with Crippen molar-refractivity contribution in [1.29, 1.82) is 0 Å². The summed E-state index contributed by atoms with van der Waals surface area (Å²) in [7, 11) is 3.85. The maximum absolute atomic E-state index is 12.8. The van der Waals surface area contributed by atoms with Crippen LogP contribution in [0.3, 0.4) is 0 Å². The molecule has 4 N–H and O–H groups in total. The van der Waals surface area contributed by atoms with Crippen LogP contribution in [0.1, 0.15) is 33.4 Å². The zero-order chi connectivity index (χ0) is 28.1. The molecule has 0 aliphatic carbocycles. The smallest absolute Gasteiger partial charge is 0.287 e. The minimum absolute atomic E-state index is 0.203. The molecule has 1 amide bonds. The molecule has 0 radical (unpaired) electrons. The summed E-state index contributed by atoms with van der Waals surface area (Å²) in [5.41, 5.74) is 1.84. The molecule has 0 spiro atoms. The van der Waals surface area contributed by atoms with E-state index in [1.54, 1.807) is 24.3 Å². The van der Waals surface area contributed by atoms with Crippen molar-refractivity contribution in [3.05, 3.63) is 65.4 Å². The molecule has 5 atom stereocenters. The molecule has 2 heterocycles. The van der Waals surface area contributed by atoms with E-state index in [1.807, 2.05) is 43.3 Å². The molecule has 1 aromatic heterocycles. The Labute approximate surface area is 225 Å². The molecule has 0 unspecified atom stereocenters. The number of hydrogen-bond donors (Lipinski definition) is 4. The van der Waals surface area contributed by atoms with Crippen molar-refractivity contribution in [2.45, 2.75) is 44.2 Å². The van der Waals surface area contributed by atoms with Crippen LogP contribution in [0, 0.1) is 0 Å². The van der Waals surface area contributed by atoms with Crippen molar-refractivity contribution >= 4 is 22.7 Å². The van der Waals surface area contributed by atoms with Gasteiger partial charge >= 0.3 is 0 Å². The molecular formula is C28H34N2O9. The fourth-order valence-corrected chi connectivity index (χ4v) is 4.30. The second-order valence-corrected chi connectivity index (χ2v) is 9.69. The molecule has 1 fully saturated rings. The van der Waals surface area contributed by atoms with Crippen LogP contribution < -0.4 is 10.1 Å². The summed E-state index contributed by atoms with van der Waals surface area (Å²) >= 11 is 0. The number of nitrogens with zero attached hydrogens (tertiary/aromatic N) is 1. The van der Waals surface area contributed by atoms with Crippen molar-refractivity contribution in [3.63, 3.8) is 0 Å². The molecule has 0 bridgehead atoms. The quantitative estimate of drug-likeness (QED) is 0.206. The van der Waals surface area contributed by atoms with E-state index in [0.717, 1.165) is 10.9 Å². The number of carbonyl (C=O) groups excluding carboxylic acids is 2. The Kier molecular flexibility index (Phi) is 9.33. The SMILES string of the molecule is C[C@@H]1O[C@@H](OCC(=O)c2ccc(OCCNC(=O)c3oc4ccccc4c3CN(C)C)cc2)[C@@H](O)[C@H](O)[C@@H]1O. The van der Waals surface area contributed by atoms with Gasteiger partial charge in [0.05, 0.1) is 12.6 Å². The van der Waals surface area contributed by atoms with Gasteiger partial charge in [0.2, 0.25) is 0 Å². The number of carbonyl (C=O) groups is 2. The minimum Gasteiger partial charge on any atom is -0.492 e. The number of aliphatic hydroxyl groups is 3. The average molecular weight is 543 g/mol. The van der Waals surface area contributed by atoms with Gasteiger partial charge in [-0.1, -0.05) is 18.2 Å². The first kappa shape index (κ1) is 28.7. The van der Waals surface area contributed by atoms with Crippen LogP contribution in [0.5, 0.6) is 5.75 Å². The summed E-state index contributed by atoms with van der Waals surface area (Å²) in [5, 5.41) is 33.3. The minimum atomic E-state index is -1.48. The number of fused-ring (bicyclic) bond motifs is 1. The van der Waals surface area contributed by atoms with Gasteiger partial charge in [-0.05, 0) is 51.4 Å². The zero-order valence-corrected chi connectivity index (χ0v) is 22.1. The number of rotatable bonds is 11. The predicted octanol–water partition coefficient (Wildman–Crippen LogP) is 1.33. The number of ketones is 1. The lowest BCUT2D eigenvalue weighted by Gasteiger charge is -2.38. The van der Waals surface area contributed by atoms with Crippen LogP contribution >= 0.6 is 0 Å². The predicted molar refractivity (Wildman–Crippen MR) is 141 cm³/mol. The molecule has 11 nitrogen and oxygen atoms in total. The summed E-state index contributed by atoms with van der Waals surface area (Å²) in [6.07, 6.45) is -6.16. The average Bonchev–Trinajstić information content (AvgIpc) is 3.29. The molecule has 2 aromatic carbocycles. The van der Waals surface area contributed by atoms with Gasteiger partial charge in [-0.2, -0.15) is 0 Å². The summed E-state index contributed by atoms with van der Waals surface area (Å²) in [6, 6.07) is 13.9. The van der Waals surface area contributed by atoms with Gasteiger partial charge in [-0.15, -0.1) is 0 Å². The van der Waals surface area contributed by atoms with E-state index < -0.39 is 30.7 Å².